The summed E-state index contributed by atoms with van der Waals surface area (Å²) in [6.45, 7) is 4.78. The Kier molecular flexibility index (Phi) is 4.63. The molecule has 2 rings (SSSR count). The fourth-order valence-corrected chi connectivity index (χ4v) is 1.89. The van der Waals surface area contributed by atoms with E-state index >= 15 is 0 Å². The van der Waals surface area contributed by atoms with Crippen molar-refractivity contribution in [3.63, 3.8) is 0 Å². The van der Waals surface area contributed by atoms with E-state index in [9.17, 15) is 4.39 Å². The second-order valence-electron chi connectivity index (χ2n) is 4.40. The molecule has 0 aliphatic rings. The Balaban J connectivity index is 2.46. The van der Waals surface area contributed by atoms with Crippen LogP contribution in [0, 0.1) is 12.7 Å². The van der Waals surface area contributed by atoms with Gasteiger partial charge >= 0.3 is 0 Å². The molecule has 0 saturated carbocycles. The average molecular weight is 275 g/mol. The third-order valence-electron chi connectivity index (χ3n) is 2.94. The lowest BCUT2D eigenvalue weighted by Crippen LogP contribution is -2.04. The third-order valence-corrected chi connectivity index (χ3v) is 2.94. The molecule has 0 fully saturated rings. The van der Waals surface area contributed by atoms with Gasteiger partial charge in [0.2, 0.25) is 0 Å². The summed E-state index contributed by atoms with van der Waals surface area (Å²) in [4.78, 5) is 8.77. The Labute approximate surface area is 118 Å². The highest BCUT2D eigenvalue weighted by Crippen LogP contribution is 2.24. The van der Waals surface area contributed by atoms with Gasteiger partial charge < -0.3 is 10.1 Å². The van der Waals surface area contributed by atoms with Crippen molar-refractivity contribution in [1.82, 2.24) is 9.97 Å². The second kappa shape index (κ2) is 6.43. The predicted octanol–water partition coefficient (Wildman–Crippen LogP) is 3.17. The quantitative estimate of drug-likeness (QED) is 0.910. The molecule has 5 heteroatoms. The number of rotatable bonds is 5. The first-order valence-electron chi connectivity index (χ1n) is 6.54. The highest BCUT2D eigenvalue weighted by Gasteiger charge is 2.09. The Morgan fingerprint density at radius 2 is 2.05 bits per heavy atom. The van der Waals surface area contributed by atoms with Crippen molar-refractivity contribution in [2.75, 3.05) is 19.0 Å². The van der Waals surface area contributed by atoms with Gasteiger partial charge in [0, 0.05) is 25.3 Å². The molecular weight excluding hydrogens is 257 g/mol. The number of aryl methyl sites for hydroxylation is 1. The molecule has 4 nitrogen and oxygen atoms in total. The van der Waals surface area contributed by atoms with Crippen LogP contribution in [0.2, 0.25) is 0 Å². The highest BCUT2D eigenvalue weighted by molar-refractivity contribution is 5.66. The van der Waals surface area contributed by atoms with Crippen LogP contribution < -0.4 is 5.32 Å². The van der Waals surface area contributed by atoms with E-state index in [-0.39, 0.29) is 5.82 Å². The summed E-state index contributed by atoms with van der Waals surface area (Å²) >= 11 is 0. The minimum absolute atomic E-state index is 0.276. The maximum atomic E-state index is 13.4. The van der Waals surface area contributed by atoms with Gasteiger partial charge in [0.1, 0.15) is 18.2 Å². The summed E-state index contributed by atoms with van der Waals surface area (Å²) in [7, 11) is 1.79. The van der Waals surface area contributed by atoms with E-state index in [1.807, 2.05) is 13.8 Å². The van der Waals surface area contributed by atoms with Crippen LogP contribution in [0.15, 0.2) is 24.3 Å². The molecule has 1 N–H and O–H groups in total. The van der Waals surface area contributed by atoms with Crippen LogP contribution in [0.4, 0.5) is 10.2 Å². The fraction of sp³-hybridized carbons (Fsp3) is 0.333. The number of aromatic nitrogens is 2. The molecule has 0 unspecified atom stereocenters. The average Bonchev–Trinajstić information content (AvgIpc) is 2.47. The van der Waals surface area contributed by atoms with Crippen LogP contribution >= 0.6 is 0 Å². The van der Waals surface area contributed by atoms with Gasteiger partial charge in [-0.15, -0.1) is 0 Å². The molecule has 0 amide bonds. The molecule has 0 bridgehead atoms. The van der Waals surface area contributed by atoms with Crippen LogP contribution in [-0.2, 0) is 11.3 Å². The van der Waals surface area contributed by atoms with E-state index in [2.05, 4.69) is 15.3 Å². The van der Waals surface area contributed by atoms with Gasteiger partial charge in [-0.2, -0.15) is 0 Å². The Morgan fingerprint density at radius 1 is 1.25 bits per heavy atom. The molecular formula is C15H18FN3O. The maximum Gasteiger partial charge on any atom is 0.157 e. The smallest absolute Gasteiger partial charge is 0.157 e. The maximum absolute atomic E-state index is 13.4. The minimum atomic E-state index is -0.276. The number of benzene rings is 1. The van der Waals surface area contributed by atoms with Crippen LogP contribution in [-0.4, -0.2) is 23.6 Å². The zero-order chi connectivity index (χ0) is 14.5. The molecule has 2 aromatic rings. The fourth-order valence-electron chi connectivity index (χ4n) is 1.89. The van der Waals surface area contributed by atoms with E-state index in [0.717, 1.165) is 11.1 Å². The van der Waals surface area contributed by atoms with Gasteiger partial charge in [-0.25, -0.2) is 14.4 Å². The summed E-state index contributed by atoms with van der Waals surface area (Å²) in [5.74, 6) is 0.993. The molecule has 20 heavy (non-hydrogen) atoms. The monoisotopic (exact) mass is 275 g/mol. The van der Waals surface area contributed by atoms with Gasteiger partial charge in [0.15, 0.2) is 5.82 Å². The van der Waals surface area contributed by atoms with Gasteiger partial charge in [0.25, 0.3) is 0 Å². The molecule has 0 aliphatic carbocycles. The van der Waals surface area contributed by atoms with Crippen molar-refractivity contribution >= 4 is 5.82 Å². The van der Waals surface area contributed by atoms with Crippen molar-refractivity contribution < 1.29 is 9.13 Å². The summed E-state index contributed by atoms with van der Waals surface area (Å²) in [5.41, 5.74) is 2.42. The van der Waals surface area contributed by atoms with Gasteiger partial charge in [-0.05, 0) is 31.5 Å². The third kappa shape index (κ3) is 3.30. The van der Waals surface area contributed by atoms with Crippen molar-refractivity contribution in [3.05, 3.63) is 41.5 Å². The lowest BCUT2D eigenvalue weighted by atomic mass is 10.1. The van der Waals surface area contributed by atoms with Crippen LogP contribution in [0.25, 0.3) is 11.3 Å². The first kappa shape index (κ1) is 14.4. The number of hydrogen-bond acceptors (Lipinski definition) is 4. The summed E-state index contributed by atoms with van der Waals surface area (Å²) in [6, 6.07) is 6.48. The number of nitrogens with one attached hydrogen (secondary N) is 1. The van der Waals surface area contributed by atoms with Crippen molar-refractivity contribution in [1.29, 1.82) is 0 Å². The zero-order valence-corrected chi connectivity index (χ0v) is 11.9. The molecule has 0 saturated heterocycles. The number of halogens is 1. The SMILES string of the molecule is CCOCc1nc(NC)cc(-c2cc(F)ccc2C)n1. The lowest BCUT2D eigenvalue weighted by molar-refractivity contribution is 0.128. The zero-order valence-electron chi connectivity index (χ0n) is 11.9. The van der Waals surface area contributed by atoms with Crippen molar-refractivity contribution in [2.24, 2.45) is 0 Å². The van der Waals surface area contributed by atoms with E-state index in [1.165, 1.54) is 12.1 Å². The van der Waals surface area contributed by atoms with Crippen LogP contribution in [0.3, 0.4) is 0 Å². The van der Waals surface area contributed by atoms with Gasteiger partial charge in [-0.1, -0.05) is 6.07 Å². The molecule has 0 atom stereocenters. The molecule has 0 aliphatic heterocycles. The van der Waals surface area contributed by atoms with Gasteiger partial charge in [0.05, 0.1) is 5.69 Å². The first-order valence-corrected chi connectivity index (χ1v) is 6.54. The number of ether oxygens (including phenoxy) is 1. The molecule has 0 spiro atoms. The number of anilines is 1. The molecule has 1 aromatic heterocycles. The summed E-state index contributed by atoms with van der Waals surface area (Å²) in [6.07, 6.45) is 0. The molecule has 106 valence electrons. The van der Waals surface area contributed by atoms with Crippen LogP contribution in [0.1, 0.15) is 18.3 Å². The van der Waals surface area contributed by atoms with Gasteiger partial charge in [-0.3, -0.25) is 0 Å². The largest absolute Gasteiger partial charge is 0.374 e. The molecule has 0 radical (unpaired) electrons. The lowest BCUT2D eigenvalue weighted by Gasteiger charge is -2.10. The van der Waals surface area contributed by atoms with E-state index in [4.69, 9.17) is 4.74 Å². The standard InChI is InChI=1S/C15H18FN3O/c1-4-20-9-15-18-13(8-14(17-3)19-15)12-7-11(16)6-5-10(12)2/h5-8H,4,9H2,1-3H3,(H,17,18,19). The molecule has 1 aromatic carbocycles. The van der Waals surface area contributed by atoms with E-state index < -0.39 is 0 Å². The Morgan fingerprint density at radius 3 is 2.75 bits per heavy atom. The topological polar surface area (TPSA) is 47.0 Å². The normalized spacial score (nSPS) is 10.6. The van der Waals surface area contributed by atoms with E-state index in [0.29, 0.717) is 30.5 Å². The number of hydrogen-bond donors (Lipinski definition) is 1. The highest BCUT2D eigenvalue weighted by atomic mass is 19.1. The predicted molar refractivity (Wildman–Crippen MR) is 77.0 cm³/mol. The summed E-state index contributed by atoms with van der Waals surface area (Å²) < 4.78 is 18.8. The molecule has 1 heterocycles. The van der Waals surface area contributed by atoms with Crippen molar-refractivity contribution in [2.45, 2.75) is 20.5 Å². The first-order chi connectivity index (χ1) is 9.63. The van der Waals surface area contributed by atoms with Crippen molar-refractivity contribution in [3.8, 4) is 11.3 Å². The Hall–Kier alpha value is -2.01. The number of nitrogens with zero attached hydrogens (tertiary/aromatic N) is 2. The Bertz CT molecular complexity index is 602. The minimum Gasteiger partial charge on any atom is -0.374 e. The second-order valence-corrected chi connectivity index (χ2v) is 4.40. The van der Waals surface area contributed by atoms with Crippen LogP contribution in [0.5, 0.6) is 0 Å². The summed E-state index contributed by atoms with van der Waals surface area (Å²) in [5, 5.41) is 2.99. The van der Waals surface area contributed by atoms with E-state index in [1.54, 1.807) is 19.2 Å².